The van der Waals surface area contributed by atoms with Crippen LogP contribution in [0.3, 0.4) is 0 Å². The molecule has 1 N–H and O–H groups in total. The van der Waals surface area contributed by atoms with Crippen molar-refractivity contribution in [3.8, 4) is 0 Å². The summed E-state index contributed by atoms with van der Waals surface area (Å²) in [4.78, 5) is 33.2. The maximum atomic E-state index is 12.9. The minimum absolute atomic E-state index is 0.0446. The monoisotopic (exact) mass is 366 g/mol. The number of anilines is 1. The quantitative estimate of drug-likeness (QED) is 0.881. The smallest absolute Gasteiger partial charge is 0.247 e. The van der Waals surface area contributed by atoms with Crippen LogP contribution >= 0.6 is 0 Å². The lowest BCUT2D eigenvalue weighted by molar-refractivity contribution is -0.139. The van der Waals surface area contributed by atoms with Gasteiger partial charge in [0.2, 0.25) is 11.8 Å². The molecule has 6 heteroatoms. The second-order valence-corrected chi connectivity index (χ2v) is 7.15. The lowest BCUT2D eigenvalue weighted by Gasteiger charge is -2.43. The van der Waals surface area contributed by atoms with Crippen LogP contribution in [0.15, 0.2) is 54.7 Å². The molecule has 3 rings (SSSR count). The number of hydrogen-bond donors (Lipinski definition) is 1. The number of likely N-dealkylation sites (N-methyl/N-ethyl adjacent to an activating group) is 1. The first-order valence-electron chi connectivity index (χ1n) is 9.23. The van der Waals surface area contributed by atoms with Gasteiger partial charge in [-0.05, 0) is 37.1 Å². The Morgan fingerprint density at radius 3 is 2.33 bits per heavy atom. The van der Waals surface area contributed by atoms with Gasteiger partial charge in [-0.3, -0.25) is 14.6 Å². The molecule has 1 aliphatic rings. The lowest BCUT2D eigenvalue weighted by atomic mass is 9.85. The third-order valence-electron chi connectivity index (χ3n) is 5.00. The highest BCUT2D eigenvalue weighted by molar-refractivity contribution is 5.90. The van der Waals surface area contributed by atoms with Crippen LogP contribution in [0, 0.1) is 0 Å². The van der Waals surface area contributed by atoms with E-state index in [0.717, 1.165) is 11.4 Å². The Labute approximate surface area is 160 Å². The molecule has 2 amide bonds. The summed E-state index contributed by atoms with van der Waals surface area (Å²) in [7, 11) is 3.55. The van der Waals surface area contributed by atoms with Crippen LogP contribution < -0.4 is 5.32 Å². The average Bonchev–Trinajstić information content (AvgIpc) is 2.69. The van der Waals surface area contributed by atoms with E-state index in [-0.39, 0.29) is 11.8 Å². The Balaban J connectivity index is 1.69. The Morgan fingerprint density at radius 1 is 1.07 bits per heavy atom. The SMILES string of the molecule is CN(C)C(=O)C1(Nc2ccccc2)CCN(C(=O)Cc2ccccn2)CC1. The summed E-state index contributed by atoms with van der Waals surface area (Å²) in [6.45, 7) is 1.09. The van der Waals surface area contributed by atoms with Crippen molar-refractivity contribution >= 4 is 17.5 Å². The number of likely N-dealkylation sites (tertiary alicyclic amines) is 1. The number of para-hydroxylation sites is 1. The van der Waals surface area contributed by atoms with Crippen molar-refractivity contribution in [1.82, 2.24) is 14.8 Å². The summed E-state index contributed by atoms with van der Waals surface area (Å²) in [5.74, 6) is 0.0995. The number of aromatic nitrogens is 1. The highest BCUT2D eigenvalue weighted by Crippen LogP contribution is 2.29. The molecule has 0 aliphatic carbocycles. The molecule has 2 aromatic rings. The van der Waals surface area contributed by atoms with Crippen LogP contribution in [-0.2, 0) is 16.0 Å². The third-order valence-corrected chi connectivity index (χ3v) is 5.00. The van der Waals surface area contributed by atoms with Gasteiger partial charge in [0.1, 0.15) is 5.54 Å². The number of benzene rings is 1. The van der Waals surface area contributed by atoms with Gasteiger partial charge >= 0.3 is 0 Å². The molecule has 27 heavy (non-hydrogen) atoms. The van der Waals surface area contributed by atoms with E-state index in [0.29, 0.717) is 32.4 Å². The molecule has 1 fully saturated rings. The molecule has 6 nitrogen and oxygen atoms in total. The van der Waals surface area contributed by atoms with Crippen molar-refractivity contribution in [2.24, 2.45) is 0 Å². The van der Waals surface area contributed by atoms with Crippen LogP contribution in [0.2, 0.25) is 0 Å². The molecule has 2 heterocycles. The fourth-order valence-electron chi connectivity index (χ4n) is 3.53. The zero-order valence-electron chi connectivity index (χ0n) is 15.9. The number of nitrogens with one attached hydrogen (secondary N) is 1. The minimum Gasteiger partial charge on any atom is -0.371 e. The second-order valence-electron chi connectivity index (χ2n) is 7.15. The van der Waals surface area contributed by atoms with Gasteiger partial charge in [-0.15, -0.1) is 0 Å². The molecular formula is C21H26N4O2. The van der Waals surface area contributed by atoms with Crippen LogP contribution in [0.1, 0.15) is 18.5 Å². The Hall–Kier alpha value is -2.89. The fraction of sp³-hybridized carbons (Fsp3) is 0.381. The van der Waals surface area contributed by atoms with Gasteiger partial charge in [-0.25, -0.2) is 0 Å². The largest absolute Gasteiger partial charge is 0.371 e. The van der Waals surface area contributed by atoms with E-state index < -0.39 is 5.54 Å². The normalized spacial score (nSPS) is 15.9. The van der Waals surface area contributed by atoms with Crippen molar-refractivity contribution in [3.63, 3.8) is 0 Å². The second kappa shape index (κ2) is 8.20. The number of hydrogen-bond acceptors (Lipinski definition) is 4. The first-order valence-corrected chi connectivity index (χ1v) is 9.23. The summed E-state index contributed by atoms with van der Waals surface area (Å²) < 4.78 is 0. The van der Waals surface area contributed by atoms with Crippen molar-refractivity contribution in [2.45, 2.75) is 24.8 Å². The van der Waals surface area contributed by atoms with E-state index >= 15 is 0 Å². The first kappa shape index (κ1) is 18.9. The van der Waals surface area contributed by atoms with E-state index in [9.17, 15) is 9.59 Å². The predicted octanol–water partition coefficient (Wildman–Crippen LogP) is 2.19. The van der Waals surface area contributed by atoms with E-state index in [1.807, 2.05) is 53.4 Å². The number of nitrogens with zero attached hydrogens (tertiary/aromatic N) is 3. The Bertz CT molecular complexity index is 769. The van der Waals surface area contributed by atoms with Gasteiger partial charge in [0.15, 0.2) is 0 Å². The van der Waals surface area contributed by atoms with E-state index in [1.54, 1.807) is 25.2 Å². The third kappa shape index (κ3) is 4.45. The highest BCUT2D eigenvalue weighted by Gasteiger charge is 2.43. The fourth-order valence-corrected chi connectivity index (χ4v) is 3.53. The minimum atomic E-state index is -0.688. The maximum Gasteiger partial charge on any atom is 0.247 e. The Morgan fingerprint density at radius 2 is 1.74 bits per heavy atom. The van der Waals surface area contributed by atoms with Crippen molar-refractivity contribution < 1.29 is 9.59 Å². The van der Waals surface area contributed by atoms with Gasteiger partial charge in [0, 0.05) is 44.8 Å². The number of carbonyl (C=O) groups excluding carboxylic acids is 2. The van der Waals surface area contributed by atoms with Crippen molar-refractivity contribution in [2.75, 3.05) is 32.5 Å². The lowest BCUT2D eigenvalue weighted by Crippen LogP contribution is -2.58. The summed E-state index contributed by atoms with van der Waals surface area (Å²) in [5.41, 5.74) is 0.999. The summed E-state index contributed by atoms with van der Waals surface area (Å²) in [5, 5.41) is 3.44. The van der Waals surface area contributed by atoms with Crippen LogP contribution in [-0.4, -0.2) is 59.3 Å². The number of carbonyl (C=O) groups is 2. The summed E-state index contributed by atoms with van der Waals surface area (Å²) in [6, 6.07) is 15.3. The van der Waals surface area contributed by atoms with Crippen LogP contribution in [0.4, 0.5) is 5.69 Å². The average molecular weight is 366 g/mol. The maximum absolute atomic E-state index is 12.9. The number of rotatable bonds is 5. The number of pyridine rings is 1. The zero-order chi connectivity index (χ0) is 19.3. The standard InChI is InChI=1S/C21H26N4O2/c1-24(2)20(27)21(23-17-8-4-3-5-9-17)11-14-25(15-12-21)19(26)16-18-10-6-7-13-22-18/h3-10,13,23H,11-12,14-16H2,1-2H3. The van der Waals surface area contributed by atoms with Crippen LogP contribution in [0.25, 0.3) is 0 Å². The molecule has 0 bridgehead atoms. The molecule has 0 saturated carbocycles. The molecule has 1 aliphatic heterocycles. The molecular weight excluding hydrogens is 340 g/mol. The number of amides is 2. The molecule has 1 aromatic heterocycles. The van der Waals surface area contributed by atoms with Gasteiger partial charge in [0.05, 0.1) is 6.42 Å². The van der Waals surface area contributed by atoms with Crippen molar-refractivity contribution in [3.05, 3.63) is 60.4 Å². The van der Waals surface area contributed by atoms with E-state index in [1.165, 1.54) is 0 Å². The molecule has 0 spiro atoms. The molecule has 0 radical (unpaired) electrons. The molecule has 142 valence electrons. The summed E-state index contributed by atoms with van der Waals surface area (Å²) >= 11 is 0. The summed E-state index contributed by atoms with van der Waals surface area (Å²) in [6.07, 6.45) is 3.14. The van der Waals surface area contributed by atoms with Gasteiger partial charge < -0.3 is 15.1 Å². The van der Waals surface area contributed by atoms with Gasteiger partial charge in [0.25, 0.3) is 0 Å². The molecule has 1 aromatic carbocycles. The molecule has 1 saturated heterocycles. The van der Waals surface area contributed by atoms with E-state index in [4.69, 9.17) is 0 Å². The van der Waals surface area contributed by atoms with Gasteiger partial charge in [-0.2, -0.15) is 0 Å². The van der Waals surface area contributed by atoms with Crippen molar-refractivity contribution in [1.29, 1.82) is 0 Å². The molecule has 0 atom stereocenters. The van der Waals surface area contributed by atoms with E-state index in [2.05, 4.69) is 10.3 Å². The highest BCUT2D eigenvalue weighted by atomic mass is 16.2. The van der Waals surface area contributed by atoms with Gasteiger partial charge in [-0.1, -0.05) is 24.3 Å². The zero-order valence-corrected chi connectivity index (χ0v) is 15.9. The first-order chi connectivity index (χ1) is 13.0. The topological polar surface area (TPSA) is 65.5 Å². The predicted molar refractivity (Wildman–Crippen MR) is 105 cm³/mol. The number of piperidine rings is 1. The van der Waals surface area contributed by atoms with Crippen LogP contribution in [0.5, 0.6) is 0 Å². The Kier molecular flexibility index (Phi) is 5.74. The molecule has 0 unspecified atom stereocenters.